The van der Waals surface area contributed by atoms with Gasteiger partial charge >= 0.3 is 5.97 Å². The van der Waals surface area contributed by atoms with Crippen LogP contribution in [-0.4, -0.2) is 56.3 Å². The van der Waals surface area contributed by atoms with Gasteiger partial charge in [0.05, 0.1) is 17.4 Å². The quantitative estimate of drug-likeness (QED) is 0.689. The van der Waals surface area contributed by atoms with E-state index in [-0.39, 0.29) is 10.8 Å². The lowest BCUT2D eigenvalue weighted by atomic mass is 9.98. The monoisotopic (exact) mass is 383 g/mol. The number of carboxylic acid groups (broad SMARTS) is 1. The molecule has 1 heterocycles. The average Bonchev–Trinajstić information content (AvgIpc) is 2.61. The number of hydrogen-bond acceptors (Lipinski definition) is 5. The maximum Gasteiger partial charge on any atom is 0.308 e. The fourth-order valence-electron chi connectivity index (χ4n) is 2.91. The van der Waals surface area contributed by atoms with Crippen LogP contribution in [0.15, 0.2) is 29.2 Å². The molecular formula is C18H25NO6S. The van der Waals surface area contributed by atoms with Crippen molar-refractivity contribution in [1.29, 1.82) is 0 Å². The molecule has 0 bridgehead atoms. The second-order valence-electron chi connectivity index (χ2n) is 6.57. The van der Waals surface area contributed by atoms with Crippen molar-refractivity contribution in [2.24, 2.45) is 5.92 Å². The highest BCUT2D eigenvalue weighted by Crippen LogP contribution is 2.19. The number of aliphatic carboxylic acids is 1. The number of carbonyl (C=O) groups excluding carboxylic acids is 1. The predicted octanol–water partition coefficient (Wildman–Crippen LogP) is 1.96. The minimum atomic E-state index is -3.21. The van der Waals surface area contributed by atoms with Gasteiger partial charge in [-0.15, -0.1) is 0 Å². The normalized spacial score (nSPS) is 17.7. The lowest BCUT2D eigenvalue weighted by Crippen LogP contribution is -2.42. The first-order valence-corrected chi connectivity index (χ1v) is 10.6. The maximum absolute atomic E-state index is 12.2. The van der Waals surface area contributed by atoms with Crippen molar-refractivity contribution in [1.82, 2.24) is 4.90 Å². The maximum atomic E-state index is 12.2. The molecule has 2 rings (SSSR count). The summed E-state index contributed by atoms with van der Waals surface area (Å²) < 4.78 is 28.3. The lowest BCUT2D eigenvalue weighted by Gasteiger charge is -2.30. The Morgan fingerprint density at radius 3 is 2.54 bits per heavy atom. The Morgan fingerprint density at radius 2 is 1.92 bits per heavy atom. The van der Waals surface area contributed by atoms with Crippen LogP contribution in [-0.2, 0) is 19.4 Å². The summed E-state index contributed by atoms with van der Waals surface area (Å²) in [6.07, 6.45) is 4.24. The number of ether oxygens (including phenoxy) is 1. The van der Waals surface area contributed by atoms with Crippen LogP contribution in [0.5, 0.6) is 5.75 Å². The van der Waals surface area contributed by atoms with E-state index in [1.807, 2.05) is 0 Å². The molecule has 0 saturated carbocycles. The third-order valence-corrected chi connectivity index (χ3v) is 5.56. The number of carboxylic acids is 1. The number of rotatable bonds is 8. The van der Waals surface area contributed by atoms with Crippen LogP contribution >= 0.6 is 0 Å². The molecular weight excluding hydrogens is 358 g/mol. The van der Waals surface area contributed by atoms with Gasteiger partial charge in [-0.1, -0.05) is 0 Å². The molecule has 1 aliphatic heterocycles. The van der Waals surface area contributed by atoms with Gasteiger partial charge in [0.2, 0.25) is 5.91 Å². The SMILES string of the molecule is CS(=O)(=O)c1ccc(OCCCCC(=O)N2CCCC(C(=O)O)C2)cc1. The number of nitrogens with zero attached hydrogens (tertiary/aromatic N) is 1. The van der Waals surface area contributed by atoms with E-state index in [4.69, 9.17) is 9.84 Å². The number of benzene rings is 1. The van der Waals surface area contributed by atoms with Crippen molar-refractivity contribution in [3.63, 3.8) is 0 Å². The second kappa shape index (κ2) is 9.02. The van der Waals surface area contributed by atoms with E-state index >= 15 is 0 Å². The van der Waals surface area contributed by atoms with E-state index in [2.05, 4.69) is 0 Å². The first-order chi connectivity index (χ1) is 12.3. The summed E-state index contributed by atoms with van der Waals surface area (Å²) >= 11 is 0. The Balaban J connectivity index is 1.67. The molecule has 1 N–H and O–H groups in total. The zero-order chi connectivity index (χ0) is 19.2. The van der Waals surface area contributed by atoms with Gasteiger partial charge in [0, 0.05) is 25.8 Å². The van der Waals surface area contributed by atoms with E-state index in [0.29, 0.717) is 51.1 Å². The van der Waals surface area contributed by atoms with Crippen molar-refractivity contribution < 1.29 is 27.9 Å². The molecule has 1 fully saturated rings. The van der Waals surface area contributed by atoms with E-state index in [1.165, 1.54) is 12.1 Å². The molecule has 144 valence electrons. The standard InChI is InChI=1S/C18H25NO6S/c1-26(23,24)16-9-7-15(8-10-16)25-12-3-2-6-17(20)19-11-4-5-14(13-19)18(21)22/h7-10,14H,2-6,11-13H2,1H3,(H,21,22). The van der Waals surface area contributed by atoms with Crippen LogP contribution in [0.4, 0.5) is 0 Å². The molecule has 0 radical (unpaired) electrons. The topological polar surface area (TPSA) is 101 Å². The van der Waals surface area contributed by atoms with Gasteiger partial charge in [-0.25, -0.2) is 8.42 Å². The third-order valence-electron chi connectivity index (χ3n) is 4.43. The predicted molar refractivity (Wildman–Crippen MR) is 95.8 cm³/mol. The summed E-state index contributed by atoms with van der Waals surface area (Å²) in [6.45, 7) is 1.37. The summed E-state index contributed by atoms with van der Waals surface area (Å²) in [5.41, 5.74) is 0. The third kappa shape index (κ3) is 6.01. The molecule has 0 aromatic heterocycles. The fourth-order valence-corrected chi connectivity index (χ4v) is 3.55. The Morgan fingerprint density at radius 1 is 1.23 bits per heavy atom. The molecule has 26 heavy (non-hydrogen) atoms. The average molecular weight is 383 g/mol. The molecule has 1 saturated heterocycles. The van der Waals surface area contributed by atoms with Gasteiger partial charge in [0.1, 0.15) is 5.75 Å². The first-order valence-electron chi connectivity index (χ1n) is 8.71. The van der Waals surface area contributed by atoms with Crippen molar-refractivity contribution in [3.8, 4) is 5.75 Å². The number of carbonyl (C=O) groups is 2. The minimum absolute atomic E-state index is 0.00606. The van der Waals surface area contributed by atoms with Crippen molar-refractivity contribution in [3.05, 3.63) is 24.3 Å². The Labute approximate surface area is 153 Å². The van der Waals surface area contributed by atoms with Gasteiger partial charge in [-0.05, 0) is 49.9 Å². The molecule has 1 amide bonds. The smallest absolute Gasteiger partial charge is 0.308 e. The number of amides is 1. The highest BCUT2D eigenvalue weighted by atomic mass is 32.2. The van der Waals surface area contributed by atoms with Crippen LogP contribution in [0.1, 0.15) is 32.1 Å². The highest BCUT2D eigenvalue weighted by molar-refractivity contribution is 7.90. The van der Waals surface area contributed by atoms with Crippen LogP contribution in [0.3, 0.4) is 0 Å². The summed E-state index contributed by atoms with van der Waals surface area (Å²) in [6, 6.07) is 6.23. The van der Waals surface area contributed by atoms with Gasteiger partial charge in [-0.3, -0.25) is 9.59 Å². The molecule has 1 aromatic carbocycles. The molecule has 1 atom stereocenters. The van der Waals surface area contributed by atoms with Gasteiger partial charge in [-0.2, -0.15) is 0 Å². The number of unbranched alkanes of at least 4 members (excludes halogenated alkanes) is 1. The van der Waals surface area contributed by atoms with E-state index in [1.54, 1.807) is 17.0 Å². The summed E-state index contributed by atoms with van der Waals surface area (Å²) in [4.78, 5) is 25.1. The first kappa shape index (κ1) is 20.2. The Hall–Kier alpha value is -2.09. The van der Waals surface area contributed by atoms with E-state index < -0.39 is 21.7 Å². The van der Waals surface area contributed by atoms with Crippen molar-refractivity contribution in [2.45, 2.75) is 37.0 Å². The number of sulfone groups is 1. The lowest BCUT2D eigenvalue weighted by molar-refractivity contribution is -0.145. The molecule has 7 nitrogen and oxygen atoms in total. The summed E-state index contributed by atoms with van der Waals surface area (Å²) in [7, 11) is -3.21. The Kier molecular flexibility index (Phi) is 7.02. The van der Waals surface area contributed by atoms with Crippen molar-refractivity contribution in [2.75, 3.05) is 26.0 Å². The number of hydrogen-bond donors (Lipinski definition) is 1. The number of likely N-dealkylation sites (tertiary alicyclic amines) is 1. The van der Waals surface area contributed by atoms with Crippen LogP contribution < -0.4 is 4.74 Å². The van der Waals surface area contributed by atoms with Gasteiger partial charge in [0.15, 0.2) is 9.84 Å². The summed E-state index contributed by atoms with van der Waals surface area (Å²) in [5, 5.41) is 9.07. The van der Waals surface area contributed by atoms with Crippen LogP contribution in [0, 0.1) is 5.92 Å². The zero-order valence-corrected chi connectivity index (χ0v) is 15.7. The Bertz CT molecular complexity index is 729. The van der Waals surface area contributed by atoms with E-state index in [9.17, 15) is 18.0 Å². The van der Waals surface area contributed by atoms with Crippen LogP contribution in [0.25, 0.3) is 0 Å². The van der Waals surface area contributed by atoms with Gasteiger partial charge in [0.25, 0.3) is 0 Å². The highest BCUT2D eigenvalue weighted by Gasteiger charge is 2.27. The molecule has 0 spiro atoms. The molecule has 1 aromatic rings. The van der Waals surface area contributed by atoms with Crippen molar-refractivity contribution >= 4 is 21.7 Å². The zero-order valence-electron chi connectivity index (χ0n) is 14.9. The second-order valence-corrected chi connectivity index (χ2v) is 8.58. The number of piperidine rings is 1. The molecule has 8 heteroatoms. The molecule has 1 aliphatic rings. The largest absolute Gasteiger partial charge is 0.494 e. The summed E-state index contributed by atoms with van der Waals surface area (Å²) in [5.74, 6) is -0.707. The van der Waals surface area contributed by atoms with Gasteiger partial charge < -0.3 is 14.7 Å². The fraction of sp³-hybridized carbons (Fsp3) is 0.556. The van der Waals surface area contributed by atoms with Crippen LogP contribution in [0.2, 0.25) is 0 Å². The van der Waals surface area contributed by atoms with E-state index in [0.717, 1.165) is 12.7 Å². The molecule has 0 aliphatic carbocycles. The minimum Gasteiger partial charge on any atom is -0.494 e. The molecule has 1 unspecified atom stereocenters.